The maximum Gasteiger partial charge on any atom is 0.118 e. The van der Waals surface area contributed by atoms with Gasteiger partial charge in [-0.15, -0.1) is 0 Å². The molecule has 1 fully saturated rings. The van der Waals surface area contributed by atoms with Crippen molar-refractivity contribution in [1.82, 2.24) is 10.2 Å². The maximum absolute atomic E-state index is 5.22. The molecule has 1 aliphatic rings. The Labute approximate surface area is 129 Å². The van der Waals surface area contributed by atoms with Crippen LogP contribution >= 0.6 is 0 Å². The summed E-state index contributed by atoms with van der Waals surface area (Å²) >= 11 is 0. The van der Waals surface area contributed by atoms with E-state index >= 15 is 0 Å². The molecule has 1 heterocycles. The molecule has 0 aliphatic carbocycles. The average Bonchev–Trinajstić information content (AvgIpc) is 2.49. The van der Waals surface area contributed by atoms with Gasteiger partial charge in [0.25, 0.3) is 0 Å². The van der Waals surface area contributed by atoms with Crippen LogP contribution in [0.15, 0.2) is 24.3 Å². The molecular formula is C18H30N2O. The number of methoxy groups -OCH3 is 1. The fourth-order valence-electron chi connectivity index (χ4n) is 3.14. The zero-order valence-electron chi connectivity index (χ0n) is 13.9. The molecule has 0 saturated carbocycles. The number of benzene rings is 1. The Balaban J connectivity index is 1.79. The lowest BCUT2D eigenvalue weighted by Crippen LogP contribution is -2.44. The van der Waals surface area contributed by atoms with Crippen LogP contribution in [0.5, 0.6) is 5.75 Å². The van der Waals surface area contributed by atoms with Crippen LogP contribution in [0.4, 0.5) is 0 Å². The number of piperidine rings is 1. The van der Waals surface area contributed by atoms with Crippen molar-refractivity contribution in [2.24, 2.45) is 5.92 Å². The van der Waals surface area contributed by atoms with Crippen LogP contribution < -0.4 is 10.1 Å². The molecule has 118 valence electrons. The van der Waals surface area contributed by atoms with E-state index in [1.807, 2.05) is 12.1 Å². The summed E-state index contributed by atoms with van der Waals surface area (Å²) in [5.41, 5.74) is 1.33. The number of rotatable bonds is 6. The minimum absolute atomic E-state index is 0.401. The molecule has 3 heteroatoms. The van der Waals surface area contributed by atoms with Crippen LogP contribution in [0.2, 0.25) is 0 Å². The van der Waals surface area contributed by atoms with E-state index in [1.165, 1.54) is 38.0 Å². The van der Waals surface area contributed by atoms with Crippen LogP contribution in [0.25, 0.3) is 0 Å². The summed E-state index contributed by atoms with van der Waals surface area (Å²) in [6.07, 6.45) is 2.51. The average molecular weight is 290 g/mol. The van der Waals surface area contributed by atoms with E-state index in [0.29, 0.717) is 12.1 Å². The third kappa shape index (κ3) is 5.01. The molecule has 1 aromatic carbocycles. The summed E-state index contributed by atoms with van der Waals surface area (Å²) in [6.45, 7) is 10.5. The molecule has 0 spiro atoms. The Hall–Kier alpha value is -1.06. The topological polar surface area (TPSA) is 24.5 Å². The second kappa shape index (κ2) is 7.81. The lowest BCUT2D eigenvalue weighted by Gasteiger charge is -2.34. The van der Waals surface area contributed by atoms with Gasteiger partial charge in [-0.25, -0.2) is 0 Å². The molecule has 0 unspecified atom stereocenters. The van der Waals surface area contributed by atoms with Crippen molar-refractivity contribution in [1.29, 1.82) is 0 Å². The van der Waals surface area contributed by atoms with Crippen LogP contribution in [0.1, 0.15) is 45.2 Å². The van der Waals surface area contributed by atoms with E-state index < -0.39 is 0 Å². The Kier molecular flexibility index (Phi) is 6.07. The zero-order valence-corrected chi connectivity index (χ0v) is 13.9. The van der Waals surface area contributed by atoms with Gasteiger partial charge in [0.1, 0.15) is 5.75 Å². The Morgan fingerprint density at radius 3 is 2.29 bits per heavy atom. The molecule has 1 saturated heterocycles. The predicted octanol–water partition coefficient (Wildman–Crippen LogP) is 3.47. The standard InChI is InChI=1S/C18H30N2O/c1-14(2)13-20-11-9-17(10-12-20)19-15(3)16-5-7-18(21-4)8-6-16/h5-8,14-15,17,19H,9-13H2,1-4H3/t15-/m0/s1. The highest BCUT2D eigenvalue weighted by Gasteiger charge is 2.21. The largest absolute Gasteiger partial charge is 0.497 e. The summed E-state index contributed by atoms with van der Waals surface area (Å²) < 4.78 is 5.22. The van der Waals surface area contributed by atoms with E-state index in [-0.39, 0.29) is 0 Å². The van der Waals surface area contributed by atoms with Gasteiger partial charge < -0.3 is 15.0 Å². The molecule has 0 amide bonds. The summed E-state index contributed by atoms with van der Waals surface area (Å²) in [4.78, 5) is 2.60. The van der Waals surface area contributed by atoms with Crippen molar-refractivity contribution in [2.75, 3.05) is 26.7 Å². The van der Waals surface area contributed by atoms with Gasteiger partial charge in [0.2, 0.25) is 0 Å². The molecule has 0 aromatic heterocycles. The minimum Gasteiger partial charge on any atom is -0.497 e. The third-order valence-corrected chi connectivity index (χ3v) is 4.31. The highest BCUT2D eigenvalue weighted by Crippen LogP contribution is 2.20. The first-order chi connectivity index (χ1) is 10.1. The maximum atomic E-state index is 5.22. The van der Waals surface area contributed by atoms with Crippen LogP contribution in [0.3, 0.4) is 0 Å². The van der Waals surface area contributed by atoms with Crippen molar-refractivity contribution in [3.8, 4) is 5.75 Å². The molecular weight excluding hydrogens is 260 g/mol. The van der Waals surface area contributed by atoms with Gasteiger partial charge in [-0.05, 0) is 56.5 Å². The molecule has 1 N–H and O–H groups in total. The number of hydrogen-bond acceptors (Lipinski definition) is 3. The van der Waals surface area contributed by atoms with Gasteiger partial charge in [-0.3, -0.25) is 0 Å². The number of likely N-dealkylation sites (tertiary alicyclic amines) is 1. The first kappa shape index (κ1) is 16.3. The molecule has 0 radical (unpaired) electrons. The quantitative estimate of drug-likeness (QED) is 0.868. The van der Waals surface area contributed by atoms with Crippen LogP contribution in [-0.2, 0) is 0 Å². The third-order valence-electron chi connectivity index (χ3n) is 4.31. The molecule has 1 atom stereocenters. The Morgan fingerprint density at radius 1 is 1.14 bits per heavy atom. The fraction of sp³-hybridized carbons (Fsp3) is 0.667. The molecule has 1 aromatic rings. The van der Waals surface area contributed by atoms with E-state index in [2.05, 4.69) is 43.1 Å². The number of nitrogens with zero attached hydrogens (tertiary/aromatic N) is 1. The van der Waals surface area contributed by atoms with Crippen molar-refractivity contribution in [3.63, 3.8) is 0 Å². The van der Waals surface area contributed by atoms with Gasteiger partial charge >= 0.3 is 0 Å². The highest BCUT2D eigenvalue weighted by molar-refractivity contribution is 5.28. The fourth-order valence-corrected chi connectivity index (χ4v) is 3.14. The van der Waals surface area contributed by atoms with E-state index in [9.17, 15) is 0 Å². The molecule has 3 nitrogen and oxygen atoms in total. The van der Waals surface area contributed by atoms with Crippen molar-refractivity contribution in [2.45, 2.75) is 45.7 Å². The van der Waals surface area contributed by atoms with Gasteiger partial charge in [0, 0.05) is 18.6 Å². The van der Waals surface area contributed by atoms with Gasteiger partial charge in [-0.2, -0.15) is 0 Å². The number of ether oxygens (including phenoxy) is 1. The van der Waals surface area contributed by atoms with Crippen molar-refractivity contribution < 1.29 is 4.74 Å². The predicted molar refractivity (Wildman–Crippen MR) is 88.8 cm³/mol. The molecule has 2 rings (SSSR count). The Morgan fingerprint density at radius 2 is 1.76 bits per heavy atom. The van der Waals surface area contributed by atoms with Crippen molar-refractivity contribution in [3.05, 3.63) is 29.8 Å². The summed E-state index contributed by atoms with van der Waals surface area (Å²) in [7, 11) is 1.71. The minimum atomic E-state index is 0.401. The second-order valence-corrected chi connectivity index (χ2v) is 6.63. The van der Waals surface area contributed by atoms with E-state index in [0.717, 1.165) is 11.7 Å². The lowest BCUT2D eigenvalue weighted by molar-refractivity contribution is 0.175. The first-order valence-electron chi connectivity index (χ1n) is 8.21. The second-order valence-electron chi connectivity index (χ2n) is 6.63. The highest BCUT2D eigenvalue weighted by atomic mass is 16.5. The smallest absolute Gasteiger partial charge is 0.118 e. The van der Waals surface area contributed by atoms with Gasteiger partial charge in [0.05, 0.1) is 7.11 Å². The van der Waals surface area contributed by atoms with Gasteiger partial charge in [-0.1, -0.05) is 26.0 Å². The lowest BCUT2D eigenvalue weighted by atomic mass is 10.0. The molecule has 1 aliphatic heterocycles. The monoisotopic (exact) mass is 290 g/mol. The normalized spacial score (nSPS) is 18.9. The summed E-state index contributed by atoms with van der Waals surface area (Å²) in [6, 6.07) is 9.44. The zero-order chi connectivity index (χ0) is 15.2. The Bertz CT molecular complexity index is 408. The van der Waals surface area contributed by atoms with E-state index in [4.69, 9.17) is 4.74 Å². The van der Waals surface area contributed by atoms with Crippen molar-refractivity contribution >= 4 is 0 Å². The number of hydrogen-bond donors (Lipinski definition) is 1. The van der Waals surface area contributed by atoms with Gasteiger partial charge in [0.15, 0.2) is 0 Å². The summed E-state index contributed by atoms with van der Waals surface area (Å²) in [5.74, 6) is 1.70. The van der Waals surface area contributed by atoms with Crippen LogP contribution in [0, 0.1) is 5.92 Å². The SMILES string of the molecule is COc1ccc([C@H](C)NC2CCN(CC(C)C)CC2)cc1. The molecule has 0 bridgehead atoms. The first-order valence-corrected chi connectivity index (χ1v) is 8.21. The van der Waals surface area contributed by atoms with E-state index in [1.54, 1.807) is 7.11 Å². The number of nitrogens with one attached hydrogen (secondary N) is 1. The molecule has 21 heavy (non-hydrogen) atoms. The summed E-state index contributed by atoms with van der Waals surface area (Å²) in [5, 5.41) is 3.78. The van der Waals surface area contributed by atoms with Crippen LogP contribution in [-0.4, -0.2) is 37.7 Å².